The maximum atomic E-state index is 11.6. The number of carbonyl (C=O) groups excluding carboxylic acids is 1. The van der Waals surface area contributed by atoms with Gasteiger partial charge in [-0.3, -0.25) is 4.79 Å². The molecule has 0 aliphatic heterocycles. The summed E-state index contributed by atoms with van der Waals surface area (Å²) in [6.07, 6.45) is 2.22. The first kappa shape index (κ1) is 13.4. The van der Waals surface area contributed by atoms with E-state index in [4.69, 9.17) is 9.47 Å². The van der Waals surface area contributed by atoms with Crippen LogP contribution in [0.4, 0.5) is 0 Å². The first-order chi connectivity index (χ1) is 7.67. The van der Waals surface area contributed by atoms with E-state index in [0.29, 0.717) is 19.2 Å². The molecular weight excluding hydrogens is 208 g/mol. The molecule has 0 bridgehead atoms. The number of carbonyl (C=O) groups is 1. The van der Waals surface area contributed by atoms with E-state index >= 15 is 0 Å². The Bertz CT molecular complexity index is 219. The Morgan fingerprint density at radius 2 is 2.12 bits per heavy atom. The maximum absolute atomic E-state index is 11.6. The molecule has 1 fully saturated rings. The van der Waals surface area contributed by atoms with E-state index in [1.165, 1.54) is 0 Å². The van der Waals surface area contributed by atoms with Gasteiger partial charge in [-0.05, 0) is 19.8 Å². The van der Waals surface area contributed by atoms with Crippen molar-refractivity contribution in [2.45, 2.75) is 38.0 Å². The van der Waals surface area contributed by atoms with Crippen molar-refractivity contribution < 1.29 is 14.3 Å². The van der Waals surface area contributed by atoms with Crippen molar-refractivity contribution in [3.63, 3.8) is 0 Å². The lowest BCUT2D eigenvalue weighted by molar-refractivity contribution is -0.123. The molecule has 1 rings (SSSR count). The summed E-state index contributed by atoms with van der Waals surface area (Å²) in [5.74, 6) is 0.0646. The van der Waals surface area contributed by atoms with E-state index in [0.717, 1.165) is 12.8 Å². The molecule has 0 radical (unpaired) electrons. The highest BCUT2D eigenvalue weighted by molar-refractivity contribution is 5.81. The minimum Gasteiger partial charge on any atom is -0.382 e. The Morgan fingerprint density at radius 1 is 1.44 bits per heavy atom. The zero-order valence-electron chi connectivity index (χ0n) is 10.3. The summed E-state index contributed by atoms with van der Waals surface area (Å²) in [7, 11) is 3.27. The van der Waals surface area contributed by atoms with Crippen LogP contribution >= 0.6 is 0 Å². The van der Waals surface area contributed by atoms with Crippen LogP contribution in [0.25, 0.3) is 0 Å². The van der Waals surface area contributed by atoms with Gasteiger partial charge in [0.15, 0.2) is 0 Å². The number of ether oxygens (including phenoxy) is 2. The van der Waals surface area contributed by atoms with Gasteiger partial charge in [0.25, 0.3) is 0 Å². The van der Waals surface area contributed by atoms with Gasteiger partial charge in [-0.25, -0.2) is 0 Å². The molecule has 2 N–H and O–H groups in total. The summed E-state index contributed by atoms with van der Waals surface area (Å²) in [6.45, 7) is 3.00. The first-order valence-corrected chi connectivity index (χ1v) is 5.72. The van der Waals surface area contributed by atoms with E-state index in [9.17, 15) is 4.79 Å². The van der Waals surface area contributed by atoms with Gasteiger partial charge in [0.2, 0.25) is 5.91 Å². The van der Waals surface area contributed by atoms with Crippen LogP contribution in [-0.2, 0) is 14.3 Å². The lowest BCUT2D eigenvalue weighted by atomic mass is 10.3. The minimum atomic E-state index is -0.185. The third kappa shape index (κ3) is 4.92. The second-order valence-electron chi connectivity index (χ2n) is 4.23. The van der Waals surface area contributed by atoms with Gasteiger partial charge in [0.1, 0.15) is 0 Å². The highest BCUT2D eigenvalue weighted by Gasteiger charge is 2.25. The van der Waals surface area contributed by atoms with Crippen LogP contribution in [0.15, 0.2) is 0 Å². The van der Waals surface area contributed by atoms with E-state index in [1.807, 2.05) is 6.92 Å². The van der Waals surface area contributed by atoms with Crippen LogP contribution < -0.4 is 10.6 Å². The molecule has 1 aliphatic carbocycles. The van der Waals surface area contributed by atoms with Crippen LogP contribution in [0.5, 0.6) is 0 Å². The van der Waals surface area contributed by atoms with E-state index in [1.54, 1.807) is 14.2 Å². The fraction of sp³-hybridized carbons (Fsp3) is 0.909. The molecule has 0 aromatic heterocycles. The monoisotopic (exact) mass is 230 g/mol. The molecule has 0 spiro atoms. The SMILES string of the molecule is COCC(CNC(C)C(=O)NC1CC1)OC. The fourth-order valence-electron chi connectivity index (χ4n) is 1.35. The summed E-state index contributed by atoms with van der Waals surface area (Å²) in [5, 5.41) is 6.09. The molecule has 94 valence electrons. The Balaban J connectivity index is 2.15. The van der Waals surface area contributed by atoms with Crippen LogP contribution in [0.3, 0.4) is 0 Å². The molecule has 5 nitrogen and oxygen atoms in total. The van der Waals surface area contributed by atoms with Gasteiger partial charge in [-0.15, -0.1) is 0 Å². The second kappa shape index (κ2) is 6.83. The second-order valence-corrected chi connectivity index (χ2v) is 4.23. The Kier molecular flexibility index (Phi) is 5.73. The van der Waals surface area contributed by atoms with Gasteiger partial charge in [-0.2, -0.15) is 0 Å². The predicted octanol–water partition coefficient (Wildman–Crippen LogP) is -0.0955. The summed E-state index contributed by atoms with van der Waals surface area (Å²) >= 11 is 0. The molecule has 1 aliphatic rings. The van der Waals surface area contributed by atoms with Crippen molar-refractivity contribution in [3.8, 4) is 0 Å². The highest BCUT2D eigenvalue weighted by Crippen LogP contribution is 2.18. The molecule has 1 amide bonds. The third-order valence-electron chi connectivity index (χ3n) is 2.65. The molecule has 16 heavy (non-hydrogen) atoms. The van der Waals surface area contributed by atoms with E-state index in [2.05, 4.69) is 10.6 Å². The van der Waals surface area contributed by atoms with Crippen molar-refractivity contribution in [2.24, 2.45) is 0 Å². The largest absolute Gasteiger partial charge is 0.382 e. The molecule has 1 saturated carbocycles. The van der Waals surface area contributed by atoms with Crippen molar-refractivity contribution in [2.75, 3.05) is 27.4 Å². The number of hydrogen-bond acceptors (Lipinski definition) is 4. The Hall–Kier alpha value is -0.650. The predicted molar refractivity (Wildman–Crippen MR) is 61.3 cm³/mol. The van der Waals surface area contributed by atoms with Gasteiger partial charge in [-0.1, -0.05) is 0 Å². The molecule has 0 aromatic rings. The maximum Gasteiger partial charge on any atom is 0.237 e. The van der Waals surface area contributed by atoms with Gasteiger partial charge in [0.05, 0.1) is 18.8 Å². The van der Waals surface area contributed by atoms with Crippen LogP contribution in [0, 0.1) is 0 Å². The average molecular weight is 230 g/mol. The fourth-order valence-corrected chi connectivity index (χ4v) is 1.35. The molecule has 2 unspecified atom stereocenters. The number of amides is 1. The van der Waals surface area contributed by atoms with Crippen LogP contribution in [0.2, 0.25) is 0 Å². The molecular formula is C11H22N2O3. The Labute approximate surface area is 96.9 Å². The van der Waals surface area contributed by atoms with Crippen molar-refractivity contribution in [1.29, 1.82) is 0 Å². The van der Waals surface area contributed by atoms with E-state index < -0.39 is 0 Å². The molecule has 0 heterocycles. The van der Waals surface area contributed by atoms with Crippen molar-refractivity contribution in [3.05, 3.63) is 0 Å². The number of hydrogen-bond donors (Lipinski definition) is 2. The molecule has 2 atom stereocenters. The Morgan fingerprint density at radius 3 is 2.62 bits per heavy atom. The zero-order chi connectivity index (χ0) is 12.0. The number of methoxy groups -OCH3 is 2. The number of nitrogens with one attached hydrogen (secondary N) is 2. The summed E-state index contributed by atoms with van der Waals surface area (Å²) in [5.41, 5.74) is 0. The summed E-state index contributed by atoms with van der Waals surface area (Å²) in [6, 6.07) is 0.226. The molecule has 5 heteroatoms. The van der Waals surface area contributed by atoms with E-state index in [-0.39, 0.29) is 18.1 Å². The van der Waals surface area contributed by atoms with Crippen molar-refractivity contribution >= 4 is 5.91 Å². The van der Waals surface area contributed by atoms with Gasteiger partial charge in [0, 0.05) is 26.8 Å². The standard InChI is InChI=1S/C11H22N2O3/c1-8(11(14)13-9-4-5-9)12-6-10(16-3)7-15-2/h8-10,12H,4-7H2,1-3H3,(H,13,14). The van der Waals surface area contributed by atoms with Crippen molar-refractivity contribution in [1.82, 2.24) is 10.6 Å². The lowest BCUT2D eigenvalue weighted by Gasteiger charge is -2.18. The molecule has 0 aromatic carbocycles. The quantitative estimate of drug-likeness (QED) is 0.611. The van der Waals surface area contributed by atoms with Gasteiger partial charge < -0.3 is 20.1 Å². The minimum absolute atomic E-state index is 0.0128. The zero-order valence-corrected chi connectivity index (χ0v) is 10.3. The summed E-state index contributed by atoms with van der Waals surface area (Å²) in [4.78, 5) is 11.6. The van der Waals surface area contributed by atoms with Gasteiger partial charge >= 0.3 is 0 Å². The smallest absolute Gasteiger partial charge is 0.237 e. The number of rotatable bonds is 8. The first-order valence-electron chi connectivity index (χ1n) is 5.72. The topological polar surface area (TPSA) is 59.6 Å². The summed E-state index contributed by atoms with van der Waals surface area (Å²) < 4.78 is 10.2. The third-order valence-corrected chi connectivity index (χ3v) is 2.65. The molecule has 0 saturated heterocycles. The van der Waals surface area contributed by atoms with Crippen LogP contribution in [0.1, 0.15) is 19.8 Å². The highest BCUT2D eigenvalue weighted by atomic mass is 16.5. The normalized spacial score (nSPS) is 19.2. The average Bonchev–Trinajstić information content (AvgIpc) is 3.07. The lowest BCUT2D eigenvalue weighted by Crippen LogP contribution is -2.46. The van der Waals surface area contributed by atoms with Crippen LogP contribution in [-0.4, -0.2) is 51.5 Å².